The molecule has 1 rings (SSSR count). The van der Waals surface area contributed by atoms with Gasteiger partial charge in [-0.15, -0.1) is 0 Å². The fraction of sp³-hybridized carbons (Fsp3) is 0.462. The van der Waals surface area contributed by atoms with E-state index in [0.29, 0.717) is 11.6 Å². The molecule has 1 unspecified atom stereocenters. The summed E-state index contributed by atoms with van der Waals surface area (Å²) in [5, 5.41) is 12.2. The van der Waals surface area contributed by atoms with Crippen LogP contribution in [-0.2, 0) is 0 Å². The second-order valence-corrected chi connectivity index (χ2v) is 5.31. The minimum Gasteiger partial charge on any atom is -0.478 e. The van der Waals surface area contributed by atoms with Crippen molar-refractivity contribution in [3.05, 3.63) is 29.8 Å². The zero-order chi connectivity index (χ0) is 12.7. The lowest BCUT2D eigenvalue weighted by atomic mass is 10.2. The molecule has 2 N–H and O–H groups in total. The van der Waals surface area contributed by atoms with Crippen LogP contribution in [-0.4, -0.2) is 28.6 Å². The maximum atomic E-state index is 10.8. The van der Waals surface area contributed by atoms with Crippen LogP contribution in [0.25, 0.3) is 0 Å². The first-order valence-electron chi connectivity index (χ1n) is 5.81. The minimum absolute atomic E-state index is 0.324. The number of aromatic carboxylic acids is 1. The van der Waals surface area contributed by atoms with Gasteiger partial charge in [0.25, 0.3) is 0 Å². The Morgan fingerprint density at radius 2 is 2.29 bits per heavy atom. The predicted molar refractivity (Wildman–Crippen MR) is 74.1 cm³/mol. The summed E-state index contributed by atoms with van der Waals surface area (Å²) in [4.78, 5) is 10.8. The Morgan fingerprint density at radius 1 is 1.53 bits per heavy atom. The number of anilines is 1. The number of benzene rings is 1. The Labute approximate surface area is 107 Å². The minimum atomic E-state index is -0.886. The summed E-state index contributed by atoms with van der Waals surface area (Å²) in [6, 6.07) is 7.30. The number of thioether (sulfide) groups is 1. The largest absolute Gasteiger partial charge is 0.478 e. The molecule has 0 radical (unpaired) electrons. The molecule has 1 atom stereocenters. The average molecular weight is 253 g/mol. The van der Waals surface area contributed by atoms with E-state index >= 15 is 0 Å². The molecule has 0 fully saturated rings. The molecule has 94 valence electrons. The van der Waals surface area contributed by atoms with Crippen molar-refractivity contribution < 1.29 is 9.90 Å². The summed E-state index contributed by atoms with van der Waals surface area (Å²) in [6.45, 7) is 4.27. The first-order chi connectivity index (χ1) is 8.13. The summed E-state index contributed by atoms with van der Waals surface area (Å²) in [5.74, 6) is 1.38. The second-order valence-electron chi connectivity index (χ2n) is 3.92. The maximum absolute atomic E-state index is 10.8. The van der Waals surface area contributed by atoms with Gasteiger partial charge >= 0.3 is 5.97 Å². The fourth-order valence-electron chi connectivity index (χ4n) is 1.50. The van der Waals surface area contributed by atoms with E-state index in [0.717, 1.165) is 23.6 Å². The Morgan fingerprint density at radius 3 is 2.94 bits per heavy atom. The van der Waals surface area contributed by atoms with Crippen molar-refractivity contribution in [3.63, 3.8) is 0 Å². The summed E-state index contributed by atoms with van der Waals surface area (Å²) in [5.41, 5.74) is 1.20. The van der Waals surface area contributed by atoms with E-state index in [4.69, 9.17) is 5.11 Å². The Hall–Kier alpha value is -1.16. The van der Waals surface area contributed by atoms with Crippen LogP contribution < -0.4 is 5.32 Å². The normalized spacial score (nSPS) is 12.1. The molecule has 3 nitrogen and oxygen atoms in total. The van der Waals surface area contributed by atoms with E-state index in [9.17, 15) is 4.79 Å². The zero-order valence-corrected chi connectivity index (χ0v) is 11.1. The molecular weight excluding hydrogens is 234 g/mol. The van der Waals surface area contributed by atoms with Gasteiger partial charge < -0.3 is 10.4 Å². The van der Waals surface area contributed by atoms with Crippen LogP contribution in [0.2, 0.25) is 0 Å². The molecule has 0 saturated heterocycles. The molecule has 0 aliphatic carbocycles. The molecule has 17 heavy (non-hydrogen) atoms. The van der Waals surface area contributed by atoms with E-state index in [1.807, 2.05) is 17.8 Å². The van der Waals surface area contributed by atoms with Gasteiger partial charge in [-0.1, -0.05) is 13.0 Å². The Balaban J connectivity index is 2.50. The highest BCUT2D eigenvalue weighted by molar-refractivity contribution is 7.99. The highest BCUT2D eigenvalue weighted by atomic mass is 32.2. The zero-order valence-electron chi connectivity index (χ0n) is 10.3. The van der Waals surface area contributed by atoms with Crippen molar-refractivity contribution in [1.82, 2.24) is 0 Å². The van der Waals surface area contributed by atoms with Crippen LogP contribution in [0, 0.1) is 0 Å². The number of carboxylic acid groups (broad SMARTS) is 1. The third-order valence-electron chi connectivity index (χ3n) is 2.42. The van der Waals surface area contributed by atoms with E-state index in [2.05, 4.69) is 19.2 Å². The Bertz CT molecular complexity index is 368. The highest BCUT2D eigenvalue weighted by Crippen LogP contribution is 2.14. The van der Waals surface area contributed by atoms with Gasteiger partial charge in [-0.05, 0) is 43.0 Å². The maximum Gasteiger partial charge on any atom is 0.335 e. The number of carbonyl (C=O) groups is 1. The summed E-state index contributed by atoms with van der Waals surface area (Å²) < 4.78 is 0. The molecular formula is C13H19NO2S. The quantitative estimate of drug-likeness (QED) is 0.732. The van der Waals surface area contributed by atoms with E-state index < -0.39 is 5.97 Å². The van der Waals surface area contributed by atoms with Crippen molar-refractivity contribution >= 4 is 23.4 Å². The van der Waals surface area contributed by atoms with Gasteiger partial charge in [0, 0.05) is 11.7 Å². The van der Waals surface area contributed by atoms with Gasteiger partial charge in [0.1, 0.15) is 0 Å². The van der Waals surface area contributed by atoms with Gasteiger partial charge in [0.2, 0.25) is 0 Å². The standard InChI is InChI=1S/C13H19NO2S/c1-3-17-8-7-10(2)14-12-6-4-5-11(9-12)13(15)16/h4-6,9-10,14H,3,7-8H2,1-2H3,(H,15,16). The number of hydrogen-bond donors (Lipinski definition) is 2. The summed E-state index contributed by atoms with van der Waals surface area (Å²) >= 11 is 1.92. The van der Waals surface area contributed by atoms with E-state index in [1.165, 1.54) is 0 Å². The molecule has 0 spiro atoms. The third kappa shape index (κ3) is 5.13. The molecule has 0 heterocycles. The van der Waals surface area contributed by atoms with Crippen molar-refractivity contribution in [1.29, 1.82) is 0 Å². The molecule has 0 bridgehead atoms. The Kier molecular flexibility index (Phi) is 5.91. The van der Waals surface area contributed by atoms with Gasteiger partial charge in [-0.2, -0.15) is 11.8 Å². The molecule has 1 aromatic carbocycles. The molecule has 0 saturated carbocycles. The summed E-state index contributed by atoms with van der Waals surface area (Å²) in [6.07, 6.45) is 1.08. The lowest BCUT2D eigenvalue weighted by molar-refractivity contribution is 0.0697. The van der Waals surface area contributed by atoms with Crippen LogP contribution in [0.1, 0.15) is 30.6 Å². The lowest BCUT2D eigenvalue weighted by Crippen LogP contribution is -2.16. The van der Waals surface area contributed by atoms with Crippen LogP contribution in [0.3, 0.4) is 0 Å². The monoisotopic (exact) mass is 253 g/mol. The number of rotatable bonds is 7. The van der Waals surface area contributed by atoms with Crippen molar-refractivity contribution in [2.24, 2.45) is 0 Å². The van der Waals surface area contributed by atoms with Crippen LogP contribution in [0.15, 0.2) is 24.3 Å². The number of nitrogens with one attached hydrogen (secondary N) is 1. The second kappa shape index (κ2) is 7.22. The first-order valence-corrected chi connectivity index (χ1v) is 6.96. The molecule has 0 aliphatic heterocycles. The van der Waals surface area contributed by atoms with Gasteiger partial charge in [0.05, 0.1) is 5.56 Å². The molecule has 0 aromatic heterocycles. The lowest BCUT2D eigenvalue weighted by Gasteiger charge is -2.15. The van der Waals surface area contributed by atoms with Crippen LogP contribution >= 0.6 is 11.8 Å². The molecule has 4 heteroatoms. The smallest absolute Gasteiger partial charge is 0.335 e. The third-order valence-corrected chi connectivity index (χ3v) is 3.35. The van der Waals surface area contributed by atoms with Crippen molar-refractivity contribution in [3.8, 4) is 0 Å². The van der Waals surface area contributed by atoms with Crippen molar-refractivity contribution in [2.45, 2.75) is 26.3 Å². The van der Waals surface area contributed by atoms with Crippen LogP contribution in [0.5, 0.6) is 0 Å². The molecule has 0 aliphatic rings. The predicted octanol–water partition coefficient (Wildman–Crippen LogP) is 3.33. The highest BCUT2D eigenvalue weighted by Gasteiger charge is 2.05. The molecule has 1 aromatic rings. The number of hydrogen-bond acceptors (Lipinski definition) is 3. The van der Waals surface area contributed by atoms with E-state index in [-0.39, 0.29) is 0 Å². The van der Waals surface area contributed by atoms with Gasteiger partial charge in [-0.3, -0.25) is 0 Å². The summed E-state index contributed by atoms with van der Waals surface area (Å²) in [7, 11) is 0. The van der Waals surface area contributed by atoms with Gasteiger partial charge in [0.15, 0.2) is 0 Å². The first kappa shape index (κ1) is 13.9. The topological polar surface area (TPSA) is 49.3 Å². The SMILES string of the molecule is CCSCCC(C)Nc1cccc(C(=O)O)c1. The fourth-order valence-corrected chi connectivity index (χ4v) is 2.31. The van der Waals surface area contributed by atoms with Crippen molar-refractivity contribution in [2.75, 3.05) is 16.8 Å². The van der Waals surface area contributed by atoms with E-state index in [1.54, 1.807) is 18.2 Å². The number of carboxylic acids is 1. The van der Waals surface area contributed by atoms with Gasteiger partial charge in [-0.25, -0.2) is 4.79 Å². The molecule has 0 amide bonds. The van der Waals surface area contributed by atoms with Crippen LogP contribution in [0.4, 0.5) is 5.69 Å². The average Bonchev–Trinajstić information content (AvgIpc) is 2.29.